The molecule has 0 saturated carbocycles. The molecule has 0 aliphatic carbocycles. The quantitative estimate of drug-likeness (QED) is 0.549. The molecule has 0 radical (unpaired) electrons. The highest BCUT2D eigenvalue weighted by Gasteiger charge is 2.27. The Bertz CT molecular complexity index is 1180. The molecule has 1 saturated heterocycles. The third kappa shape index (κ3) is 5.51. The van der Waals surface area contributed by atoms with Crippen LogP contribution in [0.4, 0.5) is 21.5 Å². The molecule has 8 heteroatoms. The molecule has 3 aromatic carbocycles. The van der Waals surface area contributed by atoms with Gasteiger partial charge >= 0.3 is 0 Å². The number of piperidine rings is 1. The molecular weight excluding hydrogens is 441 g/mol. The number of hydrogen-bond donors (Lipinski definition) is 1. The number of hydrogen-bond acceptors (Lipinski definition) is 4. The van der Waals surface area contributed by atoms with Crippen molar-refractivity contribution in [2.75, 3.05) is 34.2 Å². The van der Waals surface area contributed by atoms with Crippen LogP contribution in [-0.2, 0) is 14.8 Å². The molecule has 0 unspecified atom stereocenters. The topological polar surface area (TPSA) is 69.7 Å². The van der Waals surface area contributed by atoms with Gasteiger partial charge in [0.15, 0.2) is 0 Å². The van der Waals surface area contributed by atoms with E-state index in [0.717, 1.165) is 35.2 Å². The van der Waals surface area contributed by atoms with Gasteiger partial charge in [-0.25, -0.2) is 12.8 Å². The molecule has 1 N–H and O–H groups in total. The Kier molecular flexibility index (Phi) is 6.93. The number of rotatable bonds is 7. The second-order valence-electron chi connectivity index (χ2n) is 7.94. The molecule has 1 aliphatic heterocycles. The van der Waals surface area contributed by atoms with Gasteiger partial charge in [-0.3, -0.25) is 9.10 Å². The molecule has 1 amide bonds. The van der Waals surface area contributed by atoms with Gasteiger partial charge in [0.25, 0.3) is 10.0 Å². The van der Waals surface area contributed by atoms with E-state index in [9.17, 15) is 17.6 Å². The second-order valence-corrected chi connectivity index (χ2v) is 9.81. The van der Waals surface area contributed by atoms with Crippen LogP contribution in [-0.4, -0.2) is 34.0 Å². The molecular formula is C25H26FN3O3S. The fourth-order valence-corrected chi connectivity index (χ4v) is 5.30. The summed E-state index contributed by atoms with van der Waals surface area (Å²) in [6, 6.07) is 20.5. The summed E-state index contributed by atoms with van der Waals surface area (Å²) in [5.74, 6) is -1.01. The summed E-state index contributed by atoms with van der Waals surface area (Å²) in [5.41, 5.74) is 2.04. The van der Waals surface area contributed by atoms with Gasteiger partial charge in [-0.2, -0.15) is 0 Å². The van der Waals surface area contributed by atoms with Crippen molar-refractivity contribution in [3.63, 3.8) is 0 Å². The van der Waals surface area contributed by atoms with E-state index < -0.39 is 28.3 Å². The van der Waals surface area contributed by atoms with E-state index in [1.54, 1.807) is 30.3 Å². The Hall–Kier alpha value is -3.39. The van der Waals surface area contributed by atoms with Gasteiger partial charge in [-0.1, -0.05) is 18.2 Å². The normalized spacial score (nSPS) is 14.0. The fraction of sp³-hybridized carbons (Fsp3) is 0.240. The summed E-state index contributed by atoms with van der Waals surface area (Å²) in [6.07, 6.45) is 3.61. The molecule has 1 heterocycles. The monoisotopic (exact) mass is 467 g/mol. The third-order valence-electron chi connectivity index (χ3n) is 5.61. The number of anilines is 3. The van der Waals surface area contributed by atoms with Gasteiger partial charge in [0.1, 0.15) is 12.4 Å². The van der Waals surface area contributed by atoms with E-state index in [-0.39, 0.29) is 4.90 Å². The van der Waals surface area contributed by atoms with Crippen molar-refractivity contribution in [1.82, 2.24) is 0 Å². The number of para-hydroxylation sites is 1. The molecule has 6 nitrogen and oxygen atoms in total. The lowest BCUT2D eigenvalue weighted by Gasteiger charge is -2.29. The minimum absolute atomic E-state index is 0.0913. The van der Waals surface area contributed by atoms with Crippen LogP contribution in [0, 0.1) is 5.82 Å². The molecule has 4 rings (SSSR count). The predicted molar refractivity (Wildman–Crippen MR) is 129 cm³/mol. The van der Waals surface area contributed by atoms with E-state index in [1.807, 2.05) is 24.3 Å². The molecule has 0 atom stereocenters. The number of halogens is 1. The fourth-order valence-electron chi connectivity index (χ4n) is 3.88. The highest BCUT2D eigenvalue weighted by atomic mass is 32.2. The Balaban J connectivity index is 1.51. The minimum atomic E-state index is -4.08. The van der Waals surface area contributed by atoms with Gasteiger partial charge in [0.05, 0.1) is 10.6 Å². The molecule has 1 aliphatic rings. The standard InChI is InChI=1S/C25H26FN3O3S/c26-20-9-15-24(16-10-20)33(31,32)29(23-7-3-1-4-8-23)19-25(30)27-21-11-13-22(14-12-21)28-17-5-2-6-18-28/h1,3-4,7-16H,2,5-6,17-19H2,(H,27,30). The molecule has 3 aromatic rings. The van der Waals surface area contributed by atoms with E-state index in [1.165, 1.54) is 31.4 Å². The first-order chi connectivity index (χ1) is 15.9. The lowest BCUT2D eigenvalue weighted by atomic mass is 10.1. The van der Waals surface area contributed by atoms with Gasteiger partial charge < -0.3 is 10.2 Å². The number of benzene rings is 3. The molecule has 172 valence electrons. The zero-order chi connectivity index (χ0) is 23.3. The van der Waals surface area contributed by atoms with Crippen molar-refractivity contribution >= 4 is 33.0 Å². The van der Waals surface area contributed by atoms with Crippen LogP contribution in [0.5, 0.6) is 0 Å². The number of nitrogens with zero attached hydrogens (tertiary/aromatic N) is 2. The Morgan fingerprint density at radius 2 is 1.52 bits per heavy atom. The summed E-state index contributed by atoms with van der Waals surface area (Å²) in [7, 11) is -4.08. The van der Waals surface area contributed by atoms with Gasteiger partial charge in [-0.15, -0.1) is 0 Å². The van der Waals surface area contributed by atoms with E-state index >= 15 is 0 Å². The molecule has 0 bridgehead atoms. The predicted octanol–water partition coefficient (Wildman–Crippen LogP) is 4.65. The summed E-state index contributed by atoms with van der Waals surface area (Å²) >= 11 is 0. The maximum Gasteiger partial charge on any atom is 0.264 e. The molecule has 0 spiro atoms. The highest BCUT2D eigenvalue weighted by Crippen LogP contribution is 2.25. The van der Waals surface area contributed by atoms with Crippen LogP contribution in [0.1, 0.15) is 19.3 Å². The summed E-state index contributed by atoms with van der Waals surface area (Å²) in [6.45, 7) is 1.63. The third-order valence-corrected chi connectivity index (χ3v) is 7.39. The number of nitrogens with one attached hydrogen (secondary N) is 1. The van der Waals surface area contributed by atoms with Crippen molar-refractivity contribution in [3.05, 3.63) is 84.7 Å². The first-order valence-corrected chi connectivity index (χ1v) is 12.4. The SMILES string of the molecule is O=C(CN(c1ccccc1)S(=O)(=O)c1ccc(F)cc1)Nc1ccc(N2CCCCC2)cc1. The maximum atomic E-state index is 13.3. The van der Waals surface area contributed by atoms with Gasteiger partial charge in [-0.05, 0) is 79.9 Å². The summed E-state index contributed by atoms with van der Waals surface area (Å²) in [4.78, 5) is 15.1. The van der Waals surface area contributed by atoms with Crippen LogP contribution >= 0.6 is 0 Å². The van der Waals surface area contributed by atoms with Crippen molar-refractivity contribution in [1.29, 1.82) is 0 Å². The number of amides is 1. The van der Waals surface area contributed by atoms with Crippen LogP contribution in [0.25, 0.3) is 0 Å². The van der Waals surface area contributed by atoms with Crippen molar-refractivity contribution in [3.8, 4) is 0 Å². The highest BCUT2D eigenvalue weighted by molar-refractivity contribution is 7.92. The maximum absolute atomic E-state index is 13.3. The average Bonchev–Trinajstić information content (AvgIpc) is 2.84. The minimum Gasteiger partial charge on any atom is -0.372 e. The van der Waals surface area contributed by atoms with Crippen LogP contribution < -0.4 is 14.5 Å². The van der Waals surface area contributed by atoms with E-state index in [0.29, 0.717) is 11.4 Å². The van der Waals surface area contributed by atoms with Crippen molar-refractivity contribution in [2.45, 2.75) is 24.2 Å². The molecule has 0 aromatic heterocycles. The Labute approximate surface area is 193 Å². The summed E-state index contributed by atoms with van der Waals surface area (Å²) in [5, 5.41) is 2.78. The Morgan fingerprint density at radius 1 is 0.879 bits per heavy atom. The summed E-state index contributed by atoms with van der Waals surface area (Å²) < 4.78 is 40.9. The van der Waals surface area contributed by atoms with E-state index in [4.69, 9.17) is 0 Å². The van der Waals surface area contributed by atoms with Crippen LogP contribution in [0.15, 0.2) is 83.8 Å². The largest absolute Gasteiger partial charge is 0.372 e. The van der Waals surface area contributed by atoms with Gasteiger partial charge in [0.2, 0.25) is 5.91 Å². The van der Waals surface area contributed by atoms with Crippen molar-refractivity contribution in [2.24, 2.45) is 0 Å². The number of carbonyl (C=O) groups excluding carboxylic acids is 1. The lowest BCUT2D eigenvalue weighted by molar-refractivity contribution is -0.114. The second kappa shape index (κ2) is 10.0. The first-order valence-electron chi connectivity index (χ1n) is 10.9. The zero-order valence-electron chi connectivity index (χ0n) is 18.2. The number of sulfonamides is 1. The van der Waals surface area contributed by atoms with Crippen LogP contribution in [0.3, 0.4) is 0 Å². The molecule has 1 fully saturated rings. The molecule has 33 heavy (non-hydrogen) atoms. The zero-order valence-corrected chi connectivity index (χ0v) is 19.0. The van der Waals surface area contributed by atoms with E-state index in [2.05, 4.69) is 10.2 Å². The average molecular weight is 468 g/mol. The van der Waals surface area contributed by atoms with Crippen LogP contribution in [0.2, 0.25) is 0 Å². The van der Waals surface area contributed by atoms with Crippen molar-refractivity contribution < 1.29 is 17.6 Å². The number of carbonyl (C=O) groups is 1. The van der Waals surface area contributed by atoms with Gasteiger partial charge in [0, 0.05) is 24.5 Å². The first kappa shape index (κ1) is 22.8. The smallest absolute Gasteiger partial charge is 0.264 e. The lowest BCUT2D eigenvalue weighted by Crippen LogP contribution is -2.38. The Morgan fingerprint density at radius 3 is 2.15 bits per heavy atom.